The molecule has 3 atom stereocenters. The van der Waals surface area contributed by atoms with Crippen LogP contribution in [-0.4, -0.2) is 54.3 Å². The third-order valence-electron chi connectivity index (χ3n) is 6.40. The van der Waals surface area contributed by atoms with Crippen LogP contribution in [0.1, 0.15) is 31.9 Å². The minimum atomic E-state index is -1.04. The fourth-order valence-electron chi connectivity index (χ4n) is 4.61. The van der Waals surface area contributed by atoms with Gasteiger partial charge in [-0.25, -0.2) is 4.79 Å². The maximum absolute atomic E-state index is 12.3. The number of fused-ring (bicyclic) bond motifs is 3. The van der Waals surface area contributed by atoms with Gasteiger partial charge in [0.15, 0.2) is 6.04 Å². The van der Waals surface area contributed by atoms with E-state index in [0.29, 0.717) is 41.4 Å². The quantitative estimate of drug-likeness (QED) is 0.597. The van der Waals surface area contributed by atoms with Gasteiger partial charge in [0.2, 0.25) is 5.76 Å². The molecule has 0 bridgehead atoms. The average Bonchev–Trinajstić information content (AvgIpc) is 3.49. The van der Waals surface area contributed by atoms with Crippen molar-refractivity contribution in [2.75, 3.05) is 19.8 Å². The summed E-state index contributed by atoms with van der Waals surface area (Å²) in [4.78, 5) is 17.9. The topological polar surface area (TPSA) is 91.0 Å². The number of nitrogens with zero attached hydrogens (tertiary/aromatic N) is 1. The Morgan fingerprint density at radius 2 is 2.21 bits per heavy atom. The van der Waals surface area contributed by atoms with E-state index in [2.05, 4.69) is 23.8 Å². The van der Waals surface area contributed by atoms with Crippen molar-refractivity contribution in [1.29, 1.82) is 0 Å². The molecule has 8 nitrogen and oxygen atoms in total. The standard InChI is InChI=1S/C26H28N2O6/c1-5-31-25(29)21-12-15(2)23-20(33-21)14-19-16(13-22(34-19)26(3,4)30)24(23)32-11-10-28-9-7-17-18(28)6-8-27-17/h6-9,12,14,18,22,30H,2,5,10-11,13H2,1,3-4H3/p+1/t18?,22-/m0/s1. The molecule has 0 spiro atoms. The van der Waals surface area contributed by atoms with Gasteiger partial charge in [-0.05, 0) is 38.5 Å². The van der Waals surface area contributed by atoms with Gasteiger partial charge in [-0.3, -0.25) is 9.89 Å². The molecule has 2 unspecified atom stereocenters. The van der Waals surface area contributed by atoms with Gasteiger partial charge in [0.1, 0.15) is 42.2 Å². The Bertz CT molecular complexity index is 1170. The molecule has 34 heavy (non-hydrogen) atoms. The Morgan fingerprint density at radius 3 is 2.97 bits per heavy atom. The summed E-state index contributed by atoms with van der Waals surface area (Å²) >= 11 is 0. The van der Waals surface area contributed by atoms with Crippen molar-refractivity contribution in [3.8, 4) is 17.2 Å². The number of rotatable bonds is 7. The van der Waals surface area contributed by atoms with E-state index in [1.54, 1.807) is 32.9 Å². The Hall–Kier alpha value is -3.36. The first kappa shape index (κ1) is 22.4. The summed E-state index contributed by atoms with van der Waals surface area (Å²) in [6.45, 7) is 10.7. The Balaban J connectivity index is 1.43. The number of allylic oxidation sites excluding steroid dienone is 2. The number of hydrogen-bond donors (Lipinski definition) is 2. The monoisotopic (exact) mass is 465 g/mol. The number of aliphatic hydroxyl groups is 1. The van der Waals surface area contributed by atoms with Crippen molar-refractivity contribution >= 4 is 17.3 Å². The van der Waals surface area contributed by atoms with Crippen molar-refractivity contribution in [1.82, 2.24) is 0 Å². The number of hydrogen-bond acceptors (Lipinski definition) is 7. The van der Waals surface area contributed by atoms with Crippen LogP contribution in [0.25, 0.3) is 5.57 Å². The third-order valence-corrected chi connectivity index (χ3v) is 6.40. The normalized spacial score (nSPS) is 24.0. The van der Waals surface area contributed by atoms with Crippen LogP contribution in [0.2, 0.25) is 0 Å². The van der Waals surface area contributed by atoms with Crippen LogP contribution in [0.5, 0.6) is 17.2 Å². The average molecular weight is 466 g/mol. The highest BCUT2D eigenvalue weighted by atomic mass is 16.6. The maximum atomic E-state index is 12.3. The molecule has 4 aliphatic rings. The van der Waals surface area contributed by atoms with Gasteiger partial charge in [-0.2, -0.15) is 0 Å². The van der Waals surface area contributed by atoms with Crippen LogP contribution >= 0.6 is 0 Å². The molecule has 5 rings (SSSR count). The number of benzene rings is 1. The highest BCUT2D eigenvalue weighted by molar-refractivity contribution is 6.02. The lowest BCUT2D eigenvalue weighted by Crippen LogP contribution is -3.11. The molecular weight excluding hydrogens is 436 g/mol. The molecule has 0 saturated heterocycles. The SMILES string of the molecule is C=C1C=C(C(=O)OCC)Oc2cc3c(c(OCC[NH+]4C=CC5=NC=CC54)c21)C[C@@H](C(C)(C)O)O3. The summed E-state index contributed by atoms with van der Waals surface area (Å²) in [5.41, 5.74) is 2.15. The lowest BCUT2D eigenvalue weighted by atomic mass is 9.93. The van der Waals surface area contributed by atoms with Crippen LogP contribution < -0.4 is 19.1 Å². The second kappa shape index (κ2) is 8.45. The number of quaternary nitrogens is 1. The number of ether oxygens (including phenoxy) is 4. The predicted molar refractivity (Wildman–Crippen MR) is 126 cm³/mol. The molecule has 178 valence electrons. The summed E-state index contributed by atoms with van der Waals surface area (Å²) < 4.78 is 23.4. The molecule has 2 N–H and O–H groups in total. The summed E-state index contributed by atoms with van der Waals surface area (Å²) in [7, 11) is 0. The van der Waals surface area contributed by atoms with Gasteiger partial charge in [0.25, 0.3) is 0 Å². The second-order valence-electron chi connectivity index (χ2n) is 9.26. The van der Waals surface area contributed by atoms with Gasteiger partial charge in [0.05, 0.1) is 24.0 Å². The van der Waals surface area contributed by atoms with E-state index in [1.807, 2.05) is 12.3 Å². The molecular formula is C26H29N2O6+. The van der Waals surface area contributed by atoms with Crippen LogP contribution in [0, 0.1) is 0 Å². The van der Waals surface area contributed by atoms with Crippen LogP contribution in [-0.2, 0) is 16.0 Å². The highest BCUT2D eigenvalue weighted by Gasteiger charge is 2.40. The number of carbonyl (C=O) groups is 1. The van der Waals surface area contributed by atoms with Crippen LogP contribution in [0.4, 0.5) is 0 Å². The molecule has 1 aromatic carbocycles. The number of esters is 1. The van der Waals surface area contributed by atoms with Gasteiger partial charge in [-0.15, -0.1) is 0 Å². The minimum absolute atomic E-state index is 0.0637. The fourth-order valence-corrected chi connectivity index (χ4v) is 4.61. The van der Waals surface area contributed by atoms with E-state index < -0.39 is 17.7 Å². The Morgan fingerprint density at radius 1 is 1.38 bits per heavy atom. The van der Waals surface area contributed by atoms with Gasteiger partial charge >= 0.3 is 5.97 Å². The number of aliphatic imine (C=N–C) groups is 1. The zero-order chi connectivity index (χ0) is 24.0. The zero-order valence-corrected chi connectivity index (χ0v) is 19.6. The third kappa shape index (κ3) is 3.93. The summed E-state index contributed by atoms with van der Waals surface area (Å²) in [6.07, 6.45) is 9.70. The highest BCUT2D eigenvalue weighted by Crippen LogP contribution is 2.49. The van der Waals surface area contributed by atoms with Crippen molar-refractivity contribution < 1.29 is 33.7 Å². The van der Waals surface area contributed by atoms with Crippen molar-refractivity contribution in [2.45, 2.75) is 44.9 Å². The van der Waals surface area contributed by atoms with E-state index in [1.165, 1.54) is 4.90 Å². The summed E-state index contributed by atoms with van der Waals surface area (Å²) in [5, 5.41) is 10.6. The molecule has 0 aliphatic carbocycles. The van der Waals surface area contributed by atoms with Gasteiger partial charge in [-0.1, -0.05) is 6.58 Å². The van der Waals surface area contributed by atoms with Gasteiger partial charge in [0, 0.05) is 30.3 Å². The molecule has 0 amide bonds. The van der Waals surface area contributed by atoms with Crippen molar-refractivity contribution in [3.63, 3.8) is 0 Å². The summed E-state index contributed by atoms with van der Waals surface area (Å²) in [6, 6.07) is 1.97. The van der Waals surface area contributed by atoms with Crippen molar-refractivity contribution in [3.05, 3.63) is 60.2 Å². The lowest BCUT2D eigenvalue weighted by molar-refractivity contribution is -0.851. The summed E-state index contributed by atoms with van der Waals surface area (Å²) in [5.74, 6) is 1.11. The van der Waals surface area contributed by atoms with Crippen molar-refractivity contribution in [2.24, 2.45) is 4.99 Å². The molecule has 4 heterocycles. The lowest BCUT2D eigenvalue weighted by Gasteiger charge is -2.24. The van der Waals surface area contributed by atoms with E-state index >= 15 is 0 Å². The molecule has 0 radical (unpaired) electrons. The number of carbonyl (C=O) groups excluding carboxylic acids is 1. The smallest absolute Gasteiger partial charge is 0.374 e. The van der Waals surface area contributed by atoms with Crippen LogP contribution in [0.15, 0.2) is 54.0 Å². The van der Waals surface area contributed by atoms with E-state index in [-0.39, 0.29) is 18.4 Å². The Labute approximate surface area is 198 Å². The molecule has 8 heteroatoms. The minimum Gasteiger partial charge on any atom is -0.487 e. The van der Waals surface area contributed by atoms with E-state index in [9.17, 15) is 9.90 Å². The predicted octanol–water partition coefficient (Wildman–Crippen LogP) is 1.74. The molecule has 1 aromatic rings. The first-order valence-corrected chi connectivity index (χ1v) is 11.5. The maximum Gasteiger partial charge on any atom is 0.374 e. The van der Waals surface area contributed by atoms with E-state index in [0.717, 1.165) is 17.8 Å². The van der Waals surface area contributed by atoms with Gasteiger partial charge < -0.3 is 24.1 Å². The molecule has 4 aliphatic heterocycles. The molecule has 0 aromatic heterocycles. The molecule has 0 fully saturated rings. The largest absolute Gasteiger partial charge is 0.487 e. The molecule has 0 saturated carbocycles. The number of nitrogens with one attached hydrogen (secondary N) is 1. The Kier molecular flexibility index (Phi) is 5.58. The fraction of sp³-hybridized carbons (Fsp3) is 0.385. The zero-order valence-electron chi connectivity index (χ0n) is 19.6. The second-order valence-corrected chi connectivity index (χ2v) is 9.26. The van der Waals surface area contributed by atoms with E-state index in [4.69, 9.17) is 18.9 Å². The van der Waals surface area contributed by atoms with Crippen LogP contribution in [0.3, 0.4) is 0 Å². The first-order chi connectivity index (χ1) is 16.3. The first-order valence-electron chi connectivity index (χ1n) is 11.5.